The van der Waals surface area contributed by atoms with E-state index in [1.165, 1.54) is 18.4 Å². The van der Waals surface area contributed by atoms with Crippen LogP contribution >= 0.6 is 0 Å². The zero-order chi connectivity index (χ0) is 16.5. The number of fused-ring (bicyclic) bond motifs is 1. The number of pyridine rings is 1. The summed E-state index contributed by atoms with van der Waals surface area (Å²) in [5.74, 6) is -0.331. The lowest BCUT2D eigenvalue weighted by Gasteiger charge is -2.15. The van der Waals surface area contributed by atoms with Gasteiger partial charge >= 0.3 is 0 Å². The number of nitrogens with one attached hydrogen (secondary N) is 1. The molecule has 4 rings (SSSR count). The second-order valence-corrected chi connectivity index (χ2v) is 6.33. The first-order valence-electron chi connectivity index (χ1n) is 8.21. The lowest BCUT2D eigenvalue weighted by Crippen LogP contribution is -2.28. The fraction of sp³-hybridized carbons (Fsp3) is 0.263. The van der Waals surface area contributed by atoms with Crippen LogP contribution in [0, 0.1) is 0 Å². The van der Waals surface area contributed by atoms with Gasteiger partial charge in [-0.2, -0.15) is 0 Å². The number of amides is 1. The highest BCUT2D eigenvalue weighted by molar-refractivity contribution is 5.82. The van der Waals surface area contributed by atoms with Crippen molar-refractivity contribution in [2.45, 2.75) is 31.1 Å². The second kappa shape index (κ2) is 6.09. The van der Waals surface area contributed by atoms with E-state index in [0.717, 1.165) is 16.9 Å². The number of hydroxylamine groups is 1. The van der Waals surface area contributed by atoms with Crippen LogP contribution < -0.4 is 5.48 Å². The minimum atomic E-state index is -0.498. The molecule has 5 nitrogen and oxygen atoms in total. The van der Waals surface area contributed by atoms with Gasteiger partial charge in [-0.25, -0.2) is 10.5 Å². The molecule has 1 unspecified atom stereocenters. The predicted octanol–water partition coefficient (Wildman–Crippen LogP) is 3.04. The van der Waals surface area contributed by atoms with Crippen molar-refractivity contribution in [2.24, 2.45) is 0 Å². The van der Waals surface area contributed by atoms with Crippen LogP contribution in [0.3, 0.4) is 0 Å². The van der Waals surface area contributed by atoms with Gasteiger partial charge in [-0.1, -0.05) is 36.4 Å². The van der Waals surface area contributed by atoms with E-state index in [2.05, 4.69) is 11.1 Å². The van der Waals surface area contributed by atoms with Crippen molar-refractivity contribution < 1.29 is 10.0 Å². The maximum absolute atomic E-state index is 12.3. The third-order valence-corrected chi connectivity index (χ3v) is 4.68. The summed E-state index contributed by atoms with van der Waals surface area (Å²) in [5, 5.41) is 9.18. The van der Waals surface area contributed by atoms with Crippen LogP contribution in [-0.2, 0) is 11.2 Å². The van der Waals surface area contributed by atoms with Gasteiger partial charge < -0.3 is 4.40 Å². The number of carbonyl (C=O) groups is 1. The van der Waals surface area contributed by atoms with Gasteiger partial charge in [0.15, 0.2) is 0 Å². The fourth-order valence-corrected chi connectivity index (χ4v) is 3.28. The van der Waals surface area contributed by atoms with Gasteiger partial charge in [0.1, 0.15) is 5.65 Å². The standard InChI is InChI=1S/C19H19N3O2/c23-19(21-24)16(11-13-5-2-1-3-6-13)17-12-20-18-15(14-8-9-14)7-4-10-22(17)18/h1-7,10,12,14,16,24H,8-9,11H2,(H,21,23). The van der Waals surface area contributed by atoms with E-state index in [-0.39, 0.29) is 0 Å². The summed E-state index contributed by atoms with van der Waals surface area (Å²) in [7, 11) is 0. The third-order valence-electron chi connectivity index (χ3n) is 4.68. The molecule has 0 radical (unpaired) electrons. The van der Waals surface area contributed by atoms with Crippen molar-refractivity contribution in [1.82, 2.24) is 14.9 Å². The number of nitrogens with zero attached hydrogens (tertiary/aromatic N) is 2. The molecule has 1 atom stereocenters. The first-order valence-corrected chi connectivity index (χ1v) is 8.21. The van der Waals surface area contributed by atoms with Crippen LogP contribution in [0.2, 0.25) is 0 Å². The predicted molar refractivity (Wildman–Crippen MR) is 90.0 cm³/mol. The van der Waals surface area contributed by atoms with Crippen LogP contribution in [0.1, 0.15) is 41.5 Å². The van der Waals surface area contributed by atoms with Gasteiger partial charge in [0, 0.05) is 6.20 Å². The molecule has 1 aliphatic rings. The maximum atomic E-state index is 12.3. The zero-order valence-electron chi connectivity index (χ0n) is 13.2. The summed E-state index contributed by atoms with van der Waals surface area (Å²) in [4.78, 5) is 16.8. The summed E-state index contributed by atoms with van der Waals surface area (Å²) in [6, 6.07) is 13.9. The summed E-state index contributed by atoms with van der Waals surface area (Å²) >= 11 is 0. The number of aromatic nitrogens is 2. The molecule has 1 aliphatic carbocycles. The summed E-state index contributed by atoms with van der Waals surface area (Å²) in [5.41, 5.74) is 5.80. The number of hydrogen-bond donors (Lipinski definition) is 2. The average molecular weight is 321 g/mol. The van der Waals surface area contributed by atoms with Gasteiger partial charge in [-0.15, -0.1) is 0 Å². The van der Waals surface area contributed by atoms with E-state index in [1.807, 2.05) is 52.5 Å². The van der Waals surface area contributed by atoms with Crippen LogP contribution in [-0.4, -0.2) is 20.5 Å². The van der Waals surface area contributed by atoms with E-state index < -0.39 is 11.8 Å². The number of hydrogen-bond acceptors (Lipinski definition) is 3. The Morgan fingerprint density at radius 2 is 2.04 bits per heavy atom. The fourth-order valence-electron chi connectivity index (χ4n) is 3.28. The molecular formula is C19H19N3O2. The number of carbonyl (C=O) groups excluding carboxylic acids is 1. The smallest absolute Gasteiger partial charge is 0.252 e. The highest BCUT2D eigenvalue weighted by Crippen LogP contribution is 2.42. The number of imidazole rings is 1. The topological polar surface area (TPSA) is 66.6 Å². The summed E-state index contributed by atoms with van der Waals surface area (Å²) in [6.07, 6.45) is 6.60. The number of rotatable bonds is 5. The molecule has 0 bridgehead atoms. The SMILES string of the molecule is O=C(NO)C(Cc1ccccc1)c1cnc2c(C3CC3)cccn12. The van der Waals surface area contributed by atoms with Crippen LogP contribution in [0.5, 0.6) is 0 Å². The molecule has 0 aliphatic heterocycles. The van der Waals surface area contributed by atoms with Crippen LogP contribution in [0.15, 0.2) is 54.9 Å². The molecule has 2 heterocycles. The maximum Gasteiger partial charge on any atom is 0.252 e. The largest absolute Gasteiger partial charge is 0.303 e. The van der Waals surface area contributed by atoms with E-state index in [1.54, 1.807) is 6.20 Å². The number of benzene rings is 1. The molecule has 1 fully saturated rings. The third kappa shape index (κ3) is 2.67. The minimum absolute atomic E-state index is 0.419. The highest BCUT2D eigenvalue weighted by atomic mass is 16.5. The quantitative estimate of drug-likeness (QED) is 0.561. The Hall–Kier alpha value is -2.66. The molecule has 24 heavy (non-hydrogen) atoms. The highest BCUT2D eigenvalue weighted by Gasteiger charge is 2.29. The molecule has 5 heteroatoms. The lowest BCUT2D eigenvalue weighted by atomic mass is 9.96. The Labute approximate surface area is 139 Å². The van der Waals surface area contributed by atoms with Gasteiger partial charge in [-0.05, 0) is 42.4 Å². The molecule has 1 amide bonds. The molecule has 0 saturated heterocycles. The molecule has 1 aromatic carbocycles. The summed E-state index contributed by atoms with van der Waals surface area (Å²) in [6.45, 7) is 0. The van der Waals surface area contributed by atoms with Crippen LogP contribution in [0.25, 0.3) is 5.65 Å². The molecular weight excluding hydrogens is 302 g/mol. The van der Waals surface area contributed by atoms with Crippen molar-refractivity contribution in [3.05, 3.63) is 71.7 Å². The van der Waals surface area contributed by atoms with Gasteiger partial charge in [-0.3, -0.25) is 10.0 Å². The minimum Gasteiger partial charge on any atom is -0.303 e. The van der Waals surface area contributed by atoms with Crippen molar-refractivity contribution in [3.63, 3.8) is 0 Å². The Kier molecular flexibility index (Phi) is 3.78. The molecule has 2 aromatic heterocycles. The molecule has 1 saturated carbocycles. The first kappa shape index (κ1) is 14.9. The van der Waals surface area contributed by atoms with E-state index >= 15 is 0 Å². The average Bonchev–Trinajstić information content (AvgIpc) is 3.39. The van der Waals surface area contributed by atoms with Crippen molar-refractivity contribution in [3.8, 4) is 0 Å². The zero-order valence-corrected chi connectivity index (χ0v) is 13.2. The van der Waals surface area contributed by atoms with Gasteiger partial charge in [0.25, 0.3) is 5.91 Å². The van der Waals surface area contributed by atoms with Gasteiger partial charge in [0.2, 0.25) is 0 Å². The molecule has 3 aromatic rings. The Morgan fingerprint density at radius 3 is 2.75 bits per heavy atom. The lowest BCUT2D eigenvalue weighted by molar-refractivity contribution is -0.130. The van der Waals surface area contributed by atoms with E-state index in [0.29, 0.717) is 12.3 Å². The monoisotopic (exact) mass is 321 g/mol. The van der Waals surface area contributed by atoms with Crippen LogP contribution in [0.4, 0.5) is 0 Å². The van der Waals surface area contributed by atoms with Crippen molar-refractivity contribution in [2.75, 3.05) is 0 Å². The molecule has 0 spiro atoms. The molecule has 122 valence electrons. The van der Waals surface area contributed by atoms with Gasteiger partial charge in [0.05, 0.1) is 17.8 Å². The van der Waals surface area contributed by atoms with E-state index in [9.17, 15) is 10.0 Å². The normalized spacial score (nSPS) is 15.4. The van der Waals surface area contributed by atoms with E-state index in [4.69, 9.17) is 0 Å². The Bertz CT molecular complexity index is 869. The van der Waals surface area contributed by atoms with Crippen molar-refractivity contribution in [1.29, 1.82) is 0 Å². The summed E-state index contributed by atoms with van der Waals surface area (Å²) < 4.78 is 1.98. The Morgan fingerprint density at radius 1 is 1.25 bits per heavy atom. The first-order chi connectivity index (χ1) is 11.8. The second-order valence-electron chi connectivity index (χ2n) is 6.33. The van der Waals surface area contributed by atoms with Crippen molar-refractivity contribution >= 4 is 11.6 Å². The molecule has 2 N–H and O–H groups in total. The Balaban J connectivity index is 1.76.